The zero-order chi connectivity index (χ0) is 13.5. The fraction of sp³-hybridized carbons (Fsp3) is 0.786. The zero-order valence-corrected chi connectivity index (χ0v) is 11.9. The standard InChI is InChI=1S/C14H26N4O/c1-2-17(10-13-3-5-15-6-4-13)11-14-9-16-18(12-14)7-8-19/h9,12-13,15,19H,2-8,10-11H2,1H3. The summed E-state index contributed by atoms with van der Waals surface area (Å²) in [5, 5.41) is 16.6. The van der Waals surface area contributed by atoms with Crippen LogP contribution in [0.4, 0.5) is 0 Å². The maximum absolute atomic E-state index is 8.90. The quantitative estimate of drug-likeness (QED) is 0.763. The largest absolute Gasteiger partial charge is 0.394 e. The molecule has 1 aromatic rings. The molecule has 2 heterocycles. The average Bonchev–Trinajstić information content (AvgIpc) is 2.87. The minimum Gasteiger partial charge on any atom is -0.394 e. The molecule has 0 radical (unpaired) electrons. The van der Waals surface area contributed by atoms with Crippen LogP contribution in [0.2, 0.25) is 0 Å². The predicted molar refractivity (Wildman–Crippen MR) is 75.9 cm³/mol. The van der Waals surface area contributed by atoms with Crippen LogP contribution in [0, 0.1) is 5.92 Å². The Bertz CT molecular complexity index is 360. The highest BCUT2D eigenvalue weighted by atomic mass is 16.3. The molecule has 5 nitrogen and oxygen atoms in total. The van der Waals surface area contributed by atoms with Crippen LogP contribution in [-0.2, 0) is 13.1 Å². The van der Waals surface area contributed by atoms with Gasteiger partial charge in [-0.15, -0.1) is 0 Å². The molecule has 2 N–H and O–H groups in total. The number of rotatable bonds is 7. The lowest BCUT2D eigenvalue weighted by atomic mass is 9.97. The average molecular weight is 266 g/mol. The van der Waals surface area contributed by atoms with Gasteiger partial charge >= 0.3 is 0 Å². The lowest BCUT2D eigenvalue weighted by molar-refractivity contribution is 0.207. The van der Waals surface area contributed by atoms with E-state index in [0.29, 0.717) is 6.54 Å². The molecule has 0 saturated carbocycles. The van der Waals surface area contributed by atoms with Crippen molar-refractivity contribution in [2.45, 2.75) is 32.9 Å². The molecular weight excluding hydrogens is 240 g/mol. The highest BCUT2D eigenvalue weighted by Crippen LogP contribution is 2.15. The molecule has 0 atom stereocenters. The van der Waals surface area contributed by atoms with E-state index in [4.69, 9.17) is 5.11 Å². The van der Waals surface area contributed by atoms with Gasteiger partial charge in [-0.05, 0) is 38.4 Å². The Morgan fingerprint density at radius 2 is 2.26 bits per heavy atom. The van der Waals surface area contributed by atoms with E-state index in [1.807, 2.05) is 17.1 Å². The molecule has 2 rings (SSSR count). The van der Waals surface area contributed by atoms with Crippen LogP contribution in [0.15, 0.2) is 12.4 Å². The van der Waals surface area contributed by atoms with Crippen molar-refractivity contribution in [2.75, 3.05) is 32.8 Å². The van der Waals surface area contributed by atoms with Crippen LogP contribution < -0.4 is 5.32 Å². The first-order chi connectivity index (χ1) is 9.31. The minimum absolute atomic E-state index is 0.147. The second-order valence-electron chi connectivity index (χ2n) is 5.36. The van der Waals surface area contributed by atoms with Gasteiger partial charge in [0.2, 0.25) is 0 Å². The Morgan fingerprint density at radius 1 is 1.47 bits per heavy atom. The van der Waals surface area contributed by atoms with E-state index in [2.05, 4.69) is 22.2 Å². The highest BCUT2D eigenvalue weighted by molar-refractivity contribution is 5.03. The second kappa shape index (κ2) is 7.62. The molecule has 108 valence electrons. The molecule has 0 spiro atoms. The van der Waals surface area contributed by atoms with E-state index in [1.165, 1.54) is 24.9 Å². The predicted octanol–water partition coefficient (Wildman–Crippen LogP) is 0.697. The van der Waals surface area contributed by atoms with Crippen molar-refractivity contribution in [2.24, 2.45) is 5.92 Å². The van der Waals surface area contributed by atoms with Crippen LogP contribution in [0.25, 0.3) is 0 Å². The van der Waals surface area contributed by atoms with Crippen LogP contribution in [0.3, 0.4) is 0 Å². The molecule has 1 aromatic heterocycles. The van der Waals surface area contributed by atoms with Gasteiger partial charge in [-0.2, -0.15) is 5.10 Å². The molecule has 5 heteroatoms. The molecule has 19 heavy (non-hydrogen) atoms. The molecular formula is C14H26N4O. The summed E-state index contributed by atoms with van der Waals surface area (Å²) < 4.78 is 1.81. The summed E-state index contributed by atoms with van der Waals surface area (Å²) in [7, 11) is 0. The Hall–Kier alpha value is -0.910. The van der Waals surface area contributed by atoms with Crippen molar-refractivity contribution < 1.29 is 5.11 Å². The molecule has 0 bridgehead atoms. The zero-order valence-electron chi connectivity index (χ0n) is 11.9. The van der Waals surface area contributed by atoms with Gasteiger partial charge in [0.25, 0.3) is 0 Å². The smallest absolute Gasteiger partial charge is 0.0640 e. The lowest BCUT2D eigenvalue weighted by Gasteiger charge is -2.29. The minimum atomic E-state index is 0.147. The second-order valence-corrected chi connectivity index (χ2v) is 5.36. The van der Waals surface area contributed by atoms with E-state index in [0.717, 1.165) is 32.1 Å². The van der Waals surface area contributed by atoms with E-state index in [-0.39, 0.29) is 6.61 Å². The van der Waals surface area contributed by atoms with Gasteiger partial charge in [0.1, 0.15) is 0 Å². The summed E-state index contributed by atoms with van der Waals surface area (Å²) in [6.45, 7) is 8.50. The van der Waals surface area contributed by atoms with Gasteiger partial charge in [-0.1, -0.05) is 6.92 Å². The first kappa shape index (κ1) is 14.5. The van der Waals surface area contributed by atoms with E-state index in [9.17, 15) is 0 Å². The van der Waals surface area contributed by atoms with Gasteiger partial charge < -0.3 is 10.4 Å². The third kappa shape index (κ3) is 4.60. The van der Waals surface area contributed by atoms with Gasteiger partial charge in [-0.3, -0.25) is 9.58 Å². The molecule has 0 amide bonds. The molecule has 1 saturated heterocycles. The van der Waals surface area contributed by atoms with Crippen LogP contribution >= 0.6 is 0 Å². The Morgan fingerprint density at radius 3 is 2.95 bits per heavy atom. The number of hydrogen-bond acceptors (Lipinski definition) is 4. The van der Waals surface area contributed by atoms with E-state index < -0.39 is 0 Å². The summed E-state index contributed by atoms with van der Waals surface area (Å²) in [6.07, 6.45) is 6.54. The number of hydrogen-bond donors (Lipinski definition) is 2. The molecule has 0 unspecified atom stereocenters. The molecule has 1 fully saturated rings. The van der Waals surface area contributed by atoms with Crippen molar-refractivity contribution in [3.63, 3.8) is 0 Å². The molecule has 0 aliphatic carbocycles. The van der Waals surface area contributed by atoms with Crippen molar-refractivity contribution in [1.29, 1.82) is 0 Å². The van der Waals surface area contributed by atoms with Crippen LogP contribution in [-0.4, -0.2) is 52.6 Å². The monoisotopic (exact) mass is 266 g/mol. The number of aliphatic hydroxyl groups excluding tert-OH is 1. The highest BCUT2D eigenvalue weighted by Gasteiger charge is 2.16. The lowest BCUT2D eigenvalue weighted by Crippen LogP contribution is -2.35. The molecule has 1 aliphatic rings. The summed E-state index contributed by atoms with van der Waals surface area (Å²) in [5.41, 5.74) is 1.24. The van der Waals surface area contributed by atoms with Gasteiger partial charge in [-0.25, -0.2) is 0 Å². The molecule has 0 aromatic carbocycles. The summed E-state index contributed by atoms with van der Waals surface area (Å²) in [5.74, 6) is 0.827. The first-order valence-corrected chi connectivity index (χ1v) is 7.37. The van der Waals surface area contributed by atoms with Gasteiger partial charge in [0.15, 0.2) is 0 Å². The summed E-state index contributed by atoms with van der Waals surface area (Å²) in [4.78, 5) is 2.50. The van der Waals surface area contributed by atoms with Crippen molar-refractivity contribution >= 4 is 0 Å². The summed E-state index contributed by atoms with van der Waals surface area (Å²) >= 11 is 0. The fourth-order valence-electron chi connectivity index (χ4n) is 2.71. The number of piperidine rings is 1. The maximum atomic E-state index is 8.90. The third-order valence-corrected chi connectivity index (χ3v) is 3.84. The number of aromatic nitrogens is 2. The molecule has 1 aliphatic heterocycles. The number of aliphatic hydroxyl groups is 1. The first-order valence-electron chi connectivity index (χ1n) is 7.37. The van der Waals surface area contributed by atoms with Crippen molar-refractivity contribution in [3.8, 4) is 0 Å². The van der Waals surface area contributed by atoms with E-state index in [1.54, 1.807) is 0 Å². The Kier molecular flexibility index (Phi) is 5.82. The van der Waals surface area contributed by atoms with Crippen LogP contribution in [0.5, 0.6) is 0 Å². The maximum Gasteiger partial charge on any atom is 0.0640 e. The van der Waals surface area contributed by atoms with E-state index >= 15 is 0 Å². The number of nitrogens with one attached hydrogen (secondary N) is 1. The summed E-state index contributed by atoms with van der Waals surface area (Å²) in [6, 6.07) is 0. The topological polar surface area (TPSA) is 53.3 Å². The SMILES string of the molecule is CCN(Cc1cnn(CCO)c1)CC1CCNCC1. The van der Waals surface area contributed by atoms with Crippen molar-refractivity contribution in [3.05, 3.63) is 18.0 Å². The Labute approximate surface area is 115 Å². The van der Waals surface area contributed by atoms with Crippen molar-refractivity contribution in [1.82, 2.24) is 20.0 Å². The normalized spacial score (nSPS) is 17.2. The third-order valence-electron chi connectivity index (χ3n) is 3.84. The Balaban J connectivity index is 1.83. The number of nitrogens with zero attached hydrogens (tertiary/aromatic N) is 3. The fourth-order valence-corrected chi connectivity index (χ4v) is 2.71. The van der Waals surface area contributed by atoms with Gasteiger partial charge in [0, 0.05) is 24.8 Å². The van der Waals surface area contributed by atoms with Gasteiger partial charge in [0.05, 0.1) is 19.3 Å². The van der Waals surface area contributed by atoms with Crippen LogP contribution in [0.1, 0.15) is 25.3 Å².